The molecule has 0 aromatic carbocycles. The molecule has 1 heterocycles. The lowest BCUT2D eigenvalue weighted by molar-refractivity contribution is -0.128. The molecule has 9 nitrogen and oxygen atoms in total. The Morgan fingerprint density at radius 1 is 1.04 bits per heavy atom. The Kier molecular flexibility index (Phi) is 10.8. The molecule has 1 aliphatic rings. The van der Waals surface area contributed by atoms with Crippen LogP contribution >= 0.6 is 0 Å². The number of piperazine rings is 1. The second kappa shape index (κ2) is 12.6. The topological polar surface area (TPSA) is 98.3 Å². The number of carbonyl (C=O) groups excluding carboxylic acids is 2. The molecule has 3 N–H and O–H groups in total. The number of hydrogen-bond acceptors (Lipinski definition) is 5. The minimum atomic E-state index is -0.557. The number of methoxy groups -OCH3 is 1. The maximum absolute atomic E-state index is 12.2. The number of rotatable bonds is 10. The van der Waals surface area contributed by atoms with Gasteiger partial charge in [-0.3, -0.25) is 19.5 Å². The van der Waals surface area contributed by atoms with Crippen molar-refractivity contribution in [2.24, 2.45) is 10.4 Å². The molecule has 0 aromatic heterocycles. The third kappa shape index (κ3) is 8.43. The highest BCUT2D eigenvalue weighted by Gasteiger charge is 2.28. The normalized spacial score (nSPS) is 16.0. The fourth-order valence-electron chi connectivity index (χ4n) is 2.84. The number of guanidine groups is 1. The van der Waals surface area contributed by atoms with E-state index in [1.165, 1.54) is 0 Å². The molecule has 0 spiro atoms. The van der Waals surface area contributed by atoms with E-state index in [1.807, 2.05) is 27.7 Å². The highest BCUT2D eigenvalue weighted by molar-refractivity contribution is 5.84. The first-order valence-electron chi connectivity index (χ1n) is 10.1. The van der Waals surface area contributed by atoms with Gasteiger partial charge in [-0.1, -0.05) is 0 Å². The second-order valence-corrected chi connectivity index (χ2v) is 7.52. The molecule has 0 aliphatic carbocycles. The Bertz CT molecular complexity index is 516. The smallest absolute Gasteiger partial charge is 0.234 e. The van der Waals surface area contributed by atoms with Gasteiger partial charge in [0.25, 0.3) is 0 Å². The van der Waals surface area contributed by atoms with Gasteiger partial charge in [0.15, 0.2) is 5.96 Å². The lowest BCUT2D eigenvalue weighted by Crippen LogP contribution is -2.54. The van der Waals surface area contributed by atoms with Crippen LogP contribution in [0.3, 0.4) is 0 Å². The fourth-order valence-corrected chi connectivity index (χ4v) is 2.84. The predicted octanol–water partition coefficient (Wildman–Crippen LogP) is -0.506. The fraction of sp³-hybridized carbons (Fsp3) is 0.842. The van der Waals surface area contributed by atoms with Crippen LogP contribution < -0.4 is 16.0 Å². The minimum absolute atomic E-state index is 0.0129. The standard InChI is InChI=1S/C19H38N6O3/c1-6-20-17(27)19(3,4)15-23-18(21-7-2)25-11-9-24(10-12-25)14-16(26)22-8-13-28-5/h6-15H2,1-5H3,(H,20,27)(H,21,23)(H,22,26). The number of carbonyl (C=O) groups is 2. The summed E-state index contributed by atoms with van der Waals surface area (Å²) in [4.78, 5) is 33.2. The predicted molar refractivity (Wildman–Crippen MR) is 111 cm³/mol. The Morgan fingerprint density at radius 3 is 2.25 bits per heavy atom. The van der Waals surface area contributed by atoms with E-state index in [-0.39, 0.29) is 11.8 Å². The summed E-state index contributed by atoms with van der Waals surface area (Å²) in [5.74, 6) is 0.859. The Morgan fingerprint density at radius 2 is 1.68 bits per heavy atom. The number of amides is 2. The van der Waals surface area contributed by atoms with Crippen molar-refractivity contribution in [1.29, 1.82) is 0 Å². The monoisotopic (exact) mass is 398 g/mol. The summed E-state index contributed by atoms with van der Waals surface area (Å²) in [7, 11) is 1.62. The van der Waals surface area contributed by atoms with Crippen LogP contribution in [0.2, 0.25) is 0 Å². The molecule has 0 atom stereocenters. The summed E-state index contributed by atoms with van der Waals surface area (Å²) in [6.45, 7) is 14.2. The molecule has 1 rings (SSSR count). The zero-order valence-electron chi connectivity index (χ0n) is 18.1. The van der Waals surface area contributed by atoms with Crippen LogP contribution in [0.5, 0.6) is 0 Å². The van der Waals surface area contributed by atoms with Gasteiger partial charge >= 0.3 is 0 Å². The summed E-state index contributed by atoms with van der Waals surface area (Å²) in [5.41, 5.74) is -0.557. The number of ether oxygens (including phenoxy) is 1. The first-order chi connectivity index (χ1) is 13.3. The number of nitrogens with zero attached hydrogens (tertiary/aromatic N) is 3. The SMILES string of the molecule is CCNC(=O)C(C)(C)CN=C(NCC)N1CCN(CC(=O)NCCOC)CC1. The summed E-state index contributed by atoms with van der Waals surface area (Å²) >= 11 is 0. The van der Waals surface area contributed by atoms with E-state index < -0.39 is 5.41 Å². The van der Waals surface area contributed by atoms with Crippen molar-refractivity contribution in [2.75, 3.05) is 72.6 Å². The van der Waals surface area contributed by atoms with Crippen LogP contribution in [0, 0.1) is 5.41 Å². The number of aliphatic imine (C=N–C) groups is 1. The van der Waals surface area contributed by atoms with Gasteiger partial charge in [-0.2, -0.15) is 0 Å². The van der Waals surface area contributed by atoms with Crippen LogP contribution in [0.1, 0.15) is 27.7 Å². The van der Waals surface area contributed by atoms with Crippen molar-refractivity contribution in [3.63, 3.8) is 0 Å². The highest BCUT2D eigenvalue weighted by Crippen LogP contribution is 2.16. The van der Waals surface area contributed by atoms with Crippen LogP contribution in [0.4, 0.5) is 0 Å². The molecule has 162 valence electrons. The van der Waals surface area contributed by atoms with Gasteiger partial charge in [-0.25, -0.2) is 0 Å². The molecule has 9 heteroatoms. The lowest BCUT2D eigenvalue weighted by Gasteiger charge is -2.36. The zero-order valence-corrected chi connectivity index (χ0v) is 18.1. The Balaban J connectivity index is 2.55. The molecular weight excluding hydrogens is 360 g/mol. The van der Waals surface area contributed by atoms with E-state index in [9.17, 15) is 9.59 Å². The summed E-state index contributed by atoms with van der Waals surface area (Å²) in [6.07, 6.45) is 0. The van der Waals surface area contributed by atoms with Gasteiger partial charge in [-0.05, 0) is 27.7 Å². The van der Waals surface area contributed by atoms with Crippen molar-refractivity contribution < 1.29 is 14.3 Å². The molecule has 0 bridgehead atoms. The molecule has 1 fully saturated rings. The van der Waals surface area contributed by atoms with E-state index >= 15 is 0 Å². The van der Waals surface area contributed by atoms with E-state index in [2.05, 4.69) is 25.8 Å². The summed E-state index contributed by atoms with van der Waals surface area (Å²) in [6, 6.07) is 0. The molecule has 0 unspecified atom stereocenters. The van der Waals surface area contributed by atoms with Crippen LogP contribution in [0.25, 0.3) is 0 Å². The van der Waals surface area contributed by atoms with Crippen molar-refractivity contribution in [3.8, 4) is 0 Å². The summed E-state index contributed by atoms with van der Waals surface area (Å²) in [5, 5.41) is 9.04. The maximum Gasteiger partial charge on any atom is 0.234 e. The Hall–Kier alpha value is -1.87. The molecular formula is C19H38N6O3. The molecule has 1 saturated heterocycles. The molecule has 0 radical (unpaired) electrons. The molecule has 2 amide bonds. The first kappa shape index (κ1) is 24.2. The van der Waals surface area contributed by atoms with Gasteiger partial charge in [-0.15, -0.1) is 0 Å². The van der Waals surface area contributed by atoms with Crippen molar-refractivity contribution >= 4 is 17.8 Å². The van der Waals surface area contributed by atoms with Gasteiger partial charge in [0.1, 0.15) is 0 Å². The van der Waals surface area contributed by atoms with Crippen LogP contribution in [-0.2, 0) is 14.3 Å². The number of nitrogens with one attached hydrogen (secondary N) is 3. The molecule has 0 aromatic rings. The molecule has 28 heavy (non-hydrogen) atoms. The van der Waals surface area contributed by atoms with Gasteiger partial charge in [0.05, 0.1) is 25.1 Å². The minimum Gasteiger partial charge on any atom is -0.383 e. The van der Waals surface area contributed by atoms with E-state index in [0.29, 0.717) is 32.8 Å². The average Bonchev–Trinajstić information content (AvgIpc) is 2.66. The van der Waals surface area contributed by atoms with Crippen molar-refractivity contribution in [1.82, 2.24) is 25.8 Å². The first-order valence-corrected chi connectivity index (χ1v) is 10.1. The van der Waals surface area contributed by atoms with E-state index in [4.69, 9.17) is 9.73 Å². The molecule has 1 aliphatic heterocycles. The average molecular weight is 399 g/mol. The van der Waals surface area contributed by atoms with Gasteiger partial charge < -0.3 is 25.6 Å². The van der Waals surface area contributed by atoms with Crippen molar-refractivity contribution in [2.45, 2.75) is 27.7 Å². The Labute approximate surface area is 169 Å². The highest BCUT2D eigenvalue weighted by atomic mass is 16.5. The summed E-state index contributed by atoms with van der Waals surface area (Å²) < 4.78 is 4.94. The van der Waals surface area contributed by atoms with Crippen LogP contribution in [0.15, 0.2) is 4.99 Å². The van der Waals surface area contributed by atoms with E-state index in [0.717, 1.165) is 38.7 Å². The van der Waals surface area contributed by atoms with E-state index in [1.54, 1.807) is 7.11 Å². The lowest BCUT2D eigenvalue weighted by atomic mass is 9.92. The van der Waals surface area contributed by atoms with Crippen molar-refractivity contribution in [3.05, 3.63) is 0 Å². The number of hydrogen-bond donors (Lipinski definition) is 3. The third-order valence-electron chi connectivity index (χ3n) is 4.58. The largest absolute Gasteiger partial charge is 0.383 e. The second-order valence-electron chi connectivity index (χ2n) is 7.52. The van der Waals surface area contributed by atoms with Crippen LogP contribution in [-0.4, -0.2) is 100 Å². The maximum atomic E-state index is 12.2. The van der Waals surface area contributed by atoms with Gasteiger partial charge in [0, 0.05) is 52.9 Å². The van der Waals surface area contributed by atoms with Gasteiger partial charge in [0.2, 0.25) is 11.8 Å². The zero-order chi connectivity index (χ0) is 21.0. The molecule has 0 saturated carbocycles. The quantitative estimate of drug-likeness (QED) is 0.261. The third-order valence-corrected chi connectivity index (χ3v) is 4.58.